The van der Waals surface area contributed by atoms with Gasteiger partial charge in [-0.25, -0.2) is 0 Å². The first kappa shape index (κ1) is 16.8. The maximum Gasteiger partial charge on any atom is 0.253 e. The zero-order valence-corrected chi connectivity index (χ0v) is 13.7. The highest BCUT2D eigenvalue weighted by atomic mass is 16.5. The van der Waals surface area contributed by atoms with E-state index in [9.17, 15) is 9.59 Å². The van der Waals surface area contributed by atoms with Crippen molar-refractivity contribution in [1.82, 2.24) is 10.3 Å². The van der Waals surface area contributed by atoms with Crippen LogP contribution in [0.25, 0.3) is 0 Å². The van der Waals surface area contributed by atoms with E-state index in [1.54, 1.807) is 0 Å². The highest BCUT2D eigenvalue weighted by Gasteiger charge is 2.08. The highest BCUT2D eigenvalue weighted by molar-refractivity contribution is 5.78. The fourth-order valence-corrected chi connectivity index (χ4v) is 2.41. The van der Waals surface area contributed by atoms with Crippen LogP contribution in [-0.4, -0.2) is 17.5 Å². The van der Waals surface area contributed by atoms with Crippen molar-refractivity contribution < 1.29 is 9.53 Å². The van der Waals surface area contributed by atoms with E-state index < -0.39 is 0 Å². The number of benzene rings is 1. The Kier molecular flexibility index (Phi) is 5.57. The van der Waals surface area contributed by atoms with Gasteiger partial charge in [-0.2, -0.15) is 0 Å². The summed E-state index contributed by atoms with van der Waals surface area (Å²) < 4.78 is 5.37. The summed E-state index contributed by atoms with van der Waals surface area (Å²) in [5.74, 6) is 0.673. The lowest BCUT2D eigenvalue weighted by Crippen LogP contribution is -2.29. The van der Waals surface area contributed by atoms with E-state index in [2.05, 4.69) is 10.3 Å². The number of ether oxygens (including phenoxy) is 1. The normalized spacial score (nSPS) is 10.4. The van der Waals surface area contributed by atoms with E-state index in [1.807, 2.05) is 51.1 Å². The quantitative estimate of drug-likeness (QED) is 0.859. The average molecular weight is 314 g/mol. The zero-order chi connectivity index (χ0) is 16.8. The molecule has 5 nitrogen and oxygen atoms in total. The first-order valence-electron chi connectivity index (χ1n) is 7.67. The zero-order valence-electron chi connectivity index (χ0n) is 13.7. The first-order valence-corrected chi connectivity index (χ1v) is 7.67. The molecule has 1 aromatic carbocycles. The van der Waals surface area contributed by atoms with Crippen LogP contribution in [0.3, 0.4) is 0 Å². The summed E-state index contributed by atoms with van der Waals surface area (Å²) in [4.78, 5) is 26.7. The minimum atomic E-state index is -0.149. The van der Waals surface area contributed by atoms with Gasteiger partial charge in [0.15, 0.2) is 0 Å². The molecule has 0 saturated heterocycles. The molecule has 23 heavy (non-hydrogen) atoms. The molecule has 5 heteroatoms. The number of aromatic nitrogens is 1. The van der Waals surface area contributed by atoms with Crippen molar-refractivity contribution in [2.45, 2.75) is 33.7 Å². The number of aryl methyl sites for hydroxylation is 2. The van der Waals surface area contributed by atoms with Crippen molar-refractivity contribution in [2.75, 3.05) is 6.61 Å². The maximum atomic E-state index is 12.0. The molecule has 0 aliphatic heterocycles. The number of carbonyl (C=O) groups is 1. The second-order valence-electron chi connectivity index (χ2n) is 5.47. The molecule has 1 heterocycles. The monoisotopic (exact) mass is 314 g/mol. The predicted octanol–water partition coefficient (Wildman–Crippen LogP) is 2.25. The Labute approximate surface area is 135 Å². The van der Waals surface area contributed by atoms with Gasteiger partial charge in [0.1, 0.15) is 5.75 Å². The van der Waals surface area contributed by atoms with Gasteiger partial charge < -0.3 is 15.0 Å². The number of carbonyl (C=O) groups excluding carboxylic acids is 1. The van der Waals surface area contributed by atoms with Crippen molar-refractivity contribution in [1.29, 1.82) is 0 Å². The summed E-state index contributed by atoms with van der Waals surface area (Å²) >= 11 is 0. The Morgan fingerprint density at radius 2 is 1.91 bits per heavy atom. The van der Waals surface area contributed by atoms with Crippen LogP contribution in [0.5, 0.6) is 5.75 Å². The third kappa shape index (κ3) is 4.71. The van der Waals surface area contributed by atoms with Crippen LogP contribution in [0.2, 0.25) is 0 Å². The molecule has 0 bridgehead atoms. The molecule has 1 aromatic heterocycles. The average Bonchev–Trinajstić information content (AvgIpc) is 2.48. The Balaban J connectivity index is 1.94. The molecule has 0 unspecified atom stereocenters. The molecular formula is C18H22N2O3. The number of hydrogen-bond donors (Lipinski definition) is 2. The smallest absolute Gasteiger partial charge is 0.253 e. The van der Waals surface area contributed by atoms with Crippen LogP contribution >= 0.6 is 0 Å². The van der Waals surface area contributed by atoms with E-state index in [-0.39, 0.29) is 24.4 Å². The van der Waals surface area contributed by atoms with Gasteiger partial charge in [0.25, 0.3) is 5.56 Å². The Hall–Kier alpha value is -2.56. The van der Waals surface area contributed by atoms with Crippen molar-refractivity contribution in [3.05, 3.63) is 63.1 Å². The van der Waals surface area contributed by atoms with Crippen LogP contribution in [0.15, 0.2) is 35.1 Å². The minimum Gasteiger partial charge on any atom is -0.494 e. The van der Waals surface area contributed by atoms with Crippen molar-refractivity contribution >= 4 is 5.91 Å². The number of amides is 1. The fourth-order valence-electron chi connectivity index (χ4n) is 2.41. The predicted molar refractivity (Wildman–Crippen MR) is 89.7 cm³/mol. The van der Waals surface area contributed by atoms with Gasteiger partial charge in [-0.05, 0) is 50.1 Å². The maximum absolute atomic E-state index is 12.0. The van der Waals surface area contributed by atoms with E-state index in [0.29, 0.717) is 12.2 Å². The summed E-state index contributed by atoms with van der Waals surface area (Å²) in [7, 11) is 0. The third-order valence-electron chi connectivity index (χ3n) is 3.56. The van der Waals surface area contributed by atoms with Crippen LogP contribution in [0.4, 0.5) is 0 Å². The summed E-state index contributed by atoms with van der Waals surface area (Å²) in [6, 6.07) is 9.33. The molecule has 0 atom stereocenters. The molecule has 0 radical (unpaired) electrons. The molecule has 2 aromatic rings. The number of aromatic amines is 1. The lowest BCUT2D eigenvalue weighted by Gasteiger charge is -2.09. The molecular weight excluding hydrogens is 292 g/mol. The second kappa shape index (κ2) is 7.63. The largest absolute Gasteiger partial charge is 0.494 e. The molecule has 0 saturated carbocycles. The molecule has 0 fully saturated rings. The van der Waals surface area contributed by atoms with E-state index >= 15 is 0 Å². The van der Waals surface area contributed by atoms with Gasteiger partial charge in [0, 0.05) is 17.8 Å². The van der Waals surface area contributed by atoms with Gasteiger partial charge in [-0.1, -0.05) is 12.1 Å². The number of pyridine rings is 1. The summed E-state index contributed by atoms with van der Waals surface area (Å²) in [5.41, 5.74) is 3.05. The standard InChI is InChI=1S/C18H22N2O3/c1-4-23-15-7-5-14(6-8-15)10-17(21)19-11-16-12(2)9-13(3)20-18(16)22/h5-9H,4,10-11H2,1-3H3,(H,19,21)(H,20,22). The molecule has 0 aliphatic rings. The second-order valence-corrected chi connectivity index (χ2v) is 5.47. The van der Waals surface area contributed by atoms with Crippen molar-refractivity contribution in [3.63, 3.8) is 0 Å². The van der Waals surface area contributed by atoms with E-state index in [1.165, 1.54) is 0 Å². The molecule has 1 amide bonds. The number of hydrogen-bond acceptors (Lipinski definition) is 3. The molecule has 0 spiro atoms. The summed E-state index contributed by atoms with van der Waals surface area (Å²) in [6.07, 6.45) is 0.273. The van der Waals surface area contributed by atoms with E-state index in [0.717, 1.165) is 22.6 Å². The van der Waals surface area contributed by atoms with Gasteiger partial charge in [0.05, 0.1) is 13.0 Å². The first-order chi connectivity index (χ1) is 11.0. The molecule has 2 N–H and O–H groups in total. The van der Waals surface area contributed by atoms with Crippen LogP contribution in [0, 0.1) is 13.8 Å². The lowest BCUT2D eigenvalue weighted by atomic mass is 10.1. The van der Waals surface area contributed by atoms with Crippen LogP contribution in [-0.2, 0) is 17.8 Å². The molecule has 122 valence electrons. The summed E-state index contributed by atoms with van der Waals surface area (Å²) in [5, 5.41) is 2.80. The van der Waals surface area contributed by atoms with Gasteiger partial charge in [-0.3, -0.25) is 9.59 Å². The highest BCUT2D eigenvalue weighted by Crippen LogP contribution is 2.12. The Morgan fingerprint density at radius 1 is 1.22 bits per heavy atom. The SMILES string of the molecule is CCOc1ccc(CC(=O)NCc2c(C)cc(C)[nH]c2=O)cc1. The third-order valence-corrected chi connectivity index (χ3v) is 3.56. The van der Waals surface area contributed by atoms with Crippen molar-refractivity contribution in [2.24, 2.45) is 0 Å². The molecule has 2 rings (SSSR count). The fraction of sp³-hybridized carbons (Fsp3) is 0.333. The molecule has 0 aliphatic carbocycles. The summed E-state index contributed by atoms with van der Waals surface area (Å²) in [6.45, 7) is 6.48. The van der Waals surface area contributed by atoms with Gasteiger partial charge in [0.2, 0.25) is 5.91 Å². The lowest BCUT2D eigenvalue weighted by molar-refractivity contribution is -0.120. The van der Waals surface area contributed by atoms with Gasteiger partial charge >= 0.3 is 0 Å². The number of rotatable bonds is 6. The number of H-pyrrole nitrogens is 1. The Bertz CT molecular complexity index is 733. The van der Waals surface area contributed by atoms with Crippen LogP contribution < -0.4 is 15.6 Å². The number of nitrogens with one attached hydrogen (secondary N) is 2. The van der Waals surface area contributed by atoms with E-state index in [4.69, 9.17) is 4.74 Å². The van der Waals surface area contributed by atoms with Crippen LogP contribution in [0.1, 0.15) is 29.3 Å². The van der Waals surface area contributed by atoms with Gasteiger partial charge in [-0.15, -0.1) is 0 Å². The topological polar surface area (TPSA) is 71.2 Å². The Morgan fingerprint density at radius 3 is 2.52 bits per heavy atom. The minimum absolute atomic E-state index is 0.117. The van der Waals surface area contributed by atoms with Crippen molar-refractivity contribution in [3.8, 4) is 5.75 Å².